The van der Waals surface area contributed by atoms with Gasteiger partial charge < -0.3 is 15.6 Å². The van der Waals surface area contributed by atoms with Crippen LogP contribution in [0.4, 0.5) is 5.82 Å². The van der Waals surface area contributed by atoms with Gasteiger partial charge in [-0.1, -0.05) is 0 Å². The van der Waals surface area contributed by atoms with Crippen LogP contribution in [0.1, 0.15) is 37.0 Å². The Bertz CT molecular complexity index is 674. The molecule has 0 saturated heterocycles. The Morgan fingerprint density at radius 3 is 2.60 bits per heavy atom. The van der Waals surface area contributed by atoms with Gasteiger partial charge in [0.2, 0.25) is 5.91 Å². The van der Waals surface area contributed by atoms with Crippen LogP contribution in [-0.4, -0.2) is 27.0 Å². The van der Waals surface area contributed by atoms with Crippen LogP contribution in [0.3, 0.4) is 0 Å². The molecule has 2 aromatic heterocycles. The van der Waals surface area contributed by atoms with Crippen LogP contribution in [0, 0.1) is 20.8 Å². The van der Waals surface area contributed by atoms with Crippen molar-refractivity contribution in [3.05, 3.63) is 17.1 Å². The first kappa shape index (κ1) is 14.3. The van der Waals surface area contributed by atoms with Gasteiger partial charge >= 0.3 is 0 Å². The lowest BCUT2D eigenvalue weighted by atomic mass is 10.2. The van der Waals surface area contributed by atoms with Gasteiger partial charge in [-0.05, 0) is 40.2 Å². The summed E-state index contributed by atoms with van der Waals surface area (Å²) in [6, 6.07) is -0.333. The Labute approximate surface area is 118 Å². The topological polar surface area (TPSA) is 85.8 Å². The van der Waals surface area contributed by atoms with Crippen molar-refractivity contribution in [2.45, 2.75) is 40.7 Å². The Balaban J connectivity index is 2.70. The number of carbonyl (C=O) groups excluding carboxylic acids is 1. The number of hydrogen-bond donors (Lipinski definition) is 2. The number of nitrogens with zero attached hydrogens (tertiary/aromatic N) is 3. The van der Waals surface area contributed by atoms with Gasteiger partial charge in [0.1, 0.15) is 23.3 Å². The molecule has 1 amide bonds. The molecule has 0 aromatic carbocycles. The number of nitrogen functional groups attached to an aromatic ring is 1. The number of hydrogen-bond acceptors (Lipinski definition) is 4. The van der Waals surface area contributed by atoms with E-state index < -0.39 is 0 Å². The number of aryl methyl sites for hydroxylation is 2. The molecule has 0 aliphatic carbocycles. The third kappa shape index (κ3) is 2.11. The molecule has 2 rings (SSSR count). The minimum absolute atomic E-state index is 0.0256. The largest absolute Gasteiger partial charge is 0.383 e. The zero-order valence-corrected chi connectivity index (χ0v) is 12.6. The number of carbonyl (C=O) groups is 1. The lowest BCUT2D eigenvalue weighted by Gasteiger charge is -2.16. The monoisotopic (exact) mass is 275 g/mol. The summed E-state index contributed by atoms with van der Waals surface area (Å²) < 4.78 is 1.93. The summed E-state index contributed by atoms with van der Waals surface area (Å²) in [5.74, 6) is 1.05. The first-order chi connectivity index (χ1) is 9.38. The fourth-order valence-corrected chi connectivity index (χ4v) is 2.55. The molecule has 6 heteroatoms. The van der Waals surface area contributed by atoms with Gasteiger partial charge in [-0.2, -0.15) is 0 Å². The van der Waals surface area contributed by atoms with Gasteiger partial charge in [0.05, 0.1) is 5.39 Å². The second-order valence-corrected chi connectivity index (χ2v) is 5.01. The average molecular weight is 275 g/mol. The van der Waals surface area contributed by atoms with E-state index in [0.29, 0.717) is 18.2 Å². The molecule has 0 spiro atoms. The van der Waals surface area contributed by atoms with Gasteiger partial charge in [-0.3, -0.25) is 4.79 Å². The van der Waals surface area contributed by atoms with Crippen molar-refractivity contribution >= 4 is 22.8 Å². The van der Waals surface area contributed by atoms with Gasteiger partial charge in [0.25, 0.3) is 0 Å². The molecule has 2 heterocycles. The molecule has 0 saturated carbocycles. The van der Waals surface area contributed by atoms with Crippen LogP contribution in [0.2, 0.25) is 0 Å². The lowest BCUT2D eigenvalue weighted by Crippen LogP contribution is -2.31. The maximum absolute atomic E-state index is 12.1. The molecular formula is C14H21N5O. The fourth-order valence-electron chi connectivity index (χ4n) is 2.55. The van der Waals surface area contributed by atoms with E-state index in [1.807, 2.05) is 32.3 Å². The molecule has 0 radical (unpaired) electrons. The van der Waals surface area contributed by atoms with Crippen molar-refractivity contribution in [1.82, 2.24) is 19.9 Å². The van der Waals surface area contributed by atoms with Crippen LogP contribution in [0.15, 0.2) is 0 Å². The highest BCUT2D eigenvalue weighted by Crippen LogP contribution is 2.30. The predicted molar refractivity (Wildman–Crippen MR) is 79.5 cm³/mol. The summed E-state index contributed by atoms with van der Waals surface area (Å²) in [5.41, 5.74) is 8.75. The van der Waals surface area contributed by atoms with E-state index in [2.05, 4.69) is 15.3 Å². The second kappa shape index (κ2) is 5.11. The molecule has 0 fully saturated rings. The van der Waals surface area contributed by atoms with Gasteiger partial charge in [0, 0.05) is 12.2 Å². The smallest absolute Gasteiger partial charge is 0.242 e. The van der Waals surface area contributed by atoms with Crippen LogP contribution in [0.5, 0.6) is 0 Å². The van der Waals surface area contributed by atoms with E-state index in [1.165, 1.54) is 0 Å². The third-order valence-corrected chi connectivity index (χ3v) is 3.65. The maximum Gasteiger partial charge on any atom is 0.242 e. The number of nitrogens with two attached hydrogens (primary N) is 1. The van der Waals surface area contributed by atoms with Crippen molar-refractivity contribution < 1.29 is 4.79 Å². The van der Waals surface area contributed by atoms with Crippen molar-refractivity contribution in [3.63, 3.8) is 0 Å². The Hall–Kier alpha value is -2.11. The number of anilines is 1. The summed E-state index contributed by atoms with van der Waals surface area (Å²) in [6.45, 7) is 10.1. The highest BCUT2D eigenvalue weighted by Gasteiger charge is 2.23. The number of nitrogens with one attached hydrogen (secondary N) is 1. The highest BCUT2D eigenvalue weighted by molar-refractivity contribution is 5.93. The number of amides is 1. The molecule has 20 heavy (non-hydrogen) atoms. The molecule has 0 aliphatic rings. The number of rotatable bonds is 3. The minimum Gasteiger partial charge on any atom is -0.383 e. The first-order valence-electron chi connectivity index (χ1n) is 6.77. The molecule has 0 bridgehead atoms. The van der Waals surface area contributed by atoms with E-state index in [1.54, 1.807) is 6.92 Å². The number of likely N-dealkylation sites (N-methyl/N-ethyl adjacent to an activating group) is 1. The molecule has 2 aromatic rings. The van der Waals surface area contributed by atoms with Crippen molar-refractivity contribution in [1.29, 1.82) is 0 Å². The Morgan fingerprint density at radius 2 is 2.00 bits per heavy atom. The van der Waals surface area contributed by atoms with Crippen molar-refractivity contribution in [3.8, 4) is 0 Å². The first-order valence-corrected chi connectivity index (χ1v) is 6.77. The lowest BCUT2D eigenvalue weighted by molar-refractivity contribution is -0.123. The van der Waals surface area contributed by atoms with Gasteiger partial charge in [-0.25, -0.2) is 9.97 Å². The van der Waals surface area contributed by atoms with Gasteiger partial charge in [-0.15, -0.1) is 0 Å². The van der Waals surface area contributed by atoms with E-state index in [9.17, 15) is 4.79 Å². The minimum atomic E-state index is -0.333. The van der Waals surface area contributed by atoms with Crippen LogP contribution in [0.25, 0.3) is 11.0 Å². The Kier molecular flexibility index (Phi) is 3.65. The normalized spacial score (nSPS) is 12.7. The summed E-state index contributed by atoms with van der Waals surface area (Å²) in [4.78, 5) is 20.8. The zero-order chi connectivity index (χ0) is 15.0. The average Bonchev–Trinajstić information content (AvgIpc) is 2.61. The second-order valence-electron chi connectivity index (χ2n) is 5.01. The molecule has 6 nitrogen and oxygen atoms in total. The molecular weight excluding hydrogens is 254 g/mol. The van der Waals surface area contributed by atoms with Crippen molar-refractivity contribution in [2.24, 2.45) is 0 Å². The molecule has 1 unspecified atom stereocenters. The van der Waals surface area contributed by atoms with E-state index in [4.69, 9.17) is 5.73 Å². The quantitative estimate of drug-likeness (QED) is 0.891. The summed E-state index contributed by atoms with van der Waals surface area (Å²) in [5, 5.41) is 3.68. The standard InChI is InChI=1S/C14H21N5O/c1-6-16-14(20)9(4)19-8(3)7(2)11-12(15)17-10(5)18-13(11)19/h9H,6H2,1-5H3,(H,16,20)(H2,15,17,18). The van der Waals surface area contributed by atoms with Crippen LogP contribution in [-0.2, 0) is 4.79 Å². The van der Waals surface area contributed by atoms with E-state index >= 15 is 0 Å². The molecule has 1 atom stereocenters. The summed E-state index contributed by atoms with van der Waals surface area (Å²) in [6.07, 6.45) is 0. The highest BCUT2D eigenvalue weighted by atomic mass is 16.2. The maximum atomic E-state index is 12.1. The Morgan fingerprint density at radius 1 is 1.35 bits per heavy atom. The number of aromatic nitrogens is 3. The molecule has 108 valence electrons. The molecule has 3 N–H and O–H groups in total. The van der Waals surface area contributed by atoms with Crippen LogP contribution < -0.4 is 11.1 Å². The van der Waals surface area contributed by atoms with Gasteiger partial charge in [0.15, 0.2) is 0 Å². The van der Waals surface area contributed by atoms with E-state index in [0.717, 1.165) is 22.3 Å². The van der Waals surface area contributed by atoms with E-state index in [-0.39, 0.29) is 11.9 Å². The fraction of sp³-hybridized carbons (Fsp3) is 0.500. The number of fused-ring (bicyclic) bond motifs is 1. The molecule has 0 aliphatic heterocycles. The zero-order valence-electron chi connectivity index (χ0n) is 12.6. The summed E-state index contributed by atoms with van der Waals surface area (Å²) >= 11 is 0. The predicted octanol–water partition coefficient (Wildman–Crippen LogP) is 1.64. The van der Waals surface area contributed by atoms with Crippen LogP contribution >= 0.6 is 0 Å². The van der Waals surface area contributed by atoms with Crippen molar-refractivity contribution in [2.75, 3.05) is 12.3 Å². The summed E-state index contributed by atoms with van der Waals surface area (Å²) in [7, 11) is 0. The SMILES string of the molecule is CCNC(=O)C(C)n1c(C)c(C)c2c(N)nc(C)nc21. The third-order valence-electron chi connectivity index (χ3n) is 3.65.